The van der Waals surface area contributed by atoms with Gasteiger partial charge in [0.15, 0.2) is 0 Å². The van der Waals surface area contributed by atoms with E-state index in [0.717, 1.165) is 36.8 Å². The molecule has 2 aromatic rings. The summed E-state index contributed by atoms with van der Waals surface area (Å²) < 4.78 is 0. The smallest absolute Gasteiger partial charge is 0.137 e. The first-order chi connectivity index (χ1) is 10.3. The lowest BCUT2D eigenvalue weighted by atomic mass is 9.90. The molecule has 1 heterocycles. The Morgan fingerprint density at radius 3 is 2.62 bits per heavy atom. The van der Waals surface area contributed by atoms with Crippen molar-refractivity contribution in [3.8, 4) is 5.75 Å². The van der Waals surface area contributed by atoms with E-state index in [0.29, 0.717) is 5.75 Å². The van der Waals surface area contributed by atoms with Crippen molar-refractivity contribution >= 4 is 5.57 Å². The van der Waals surface area contributed by atoms with E-state index in [4.69, 9.17) is 0 Å². The summed E-state index contributed by atoms with van der Waals surface area (Å²) >= 11 is 0. The summed E-state index contributed by atoms with van der Waals surface area (Å²) in [4.78, 5) is 4.18. The molecule has 1 N–H and O–H groups in total. The molecule has 0 saturated heterocycles. The van der Waals surface area contributed by atoms with Crippen LogP contribution in [-0.2, 0) is 12.8 Å². The van der Waals surface area contributed by atoms with Crippen LogP contribution >= 0.6 is 0 Å². The van der Waals surface area contributed by atoms with E-state index in [1.807, 2.05) is 12.3 Å². The van der Waals surface area contributed by atoms with Crippen LogP contribution in [0, 0.1) is 0 Å². The number of hydrogen-bond donors (Lipinski definition) is 1. The first-order valence-corrected chi connectivity index (χ1v) is 7.74. The minimum Gasteiger partial charge on any atom is -0.506 e. The summed E-state index contributed by atoms with van der Waals surface area (Å²) in [5.41, 5.74) is 4.85. The number of pyridine rings is 1. The number of hydrogen-bond acceptors (Lipinski definition) is 2. The van der Waals surface area contributed by atoms with Gasteiger partial charge >= 0.3 is 0 Å². The Balaban J connectivity index is 1.85. The second-order valence-electron chi connectivity index (χ2n) is 5.65. The Bertz CT molecular complexity index is 631. The van der Waals surface area contributed by atoms with Gasteiger partial charge in [-0.1, -0.05) is 36.4 Å². The quantitative estimate of drug-likeness (QED) is 0.892. The van der Waals surface area contributed by atoms with Crippen LogP contribution in [0.3, 0.4) is 0 Å². The molecule has 0 amide bonds. The summed E-state index contributed by atoms with van der Waals surface area (Å²) in [5.74, 6) is 0.329. The van der Waals surface area contributed by atoms with E-state index in [9.17, 15) is 5.11 Å². The molecule has 0 unspecified atom stereocenters. The first kappa shape index (κ1) is 13.9. The maximum absolute atomic E-state index is 10.2. The number of aromatic nitrogens is 1. The van der Waals surface area contributed by atoms with E-state index in [1.165, 1.54) is 24.0 Å². The monoisotopic (exact) mass is 279 g/mol. The van der Waals surface area contributed by atoms with Crippen molar-refractivity contribution in [3.63, 3.8) is 0 Å². The lowest BCUT2D eigenvalue weighted by molar-refractivity contribution is 0.464. The van der Waals surface area contributed by atoms with Gasteiger partial charge in [0, 0.05) is 17.3 Å². The molecule has 3 rings (SSSR count). The molecule has 0 aliphatic heterocycles. The van der Waals surface area contributed by atoms with Crippen LogP contribution in [0.25, 0.3) is 5.57 Å². The number of rotatable bonds is 4. The van der Waals surface area contributed by atoms with Crippen LogP contribution in [0.1, 0.15) is 42.4 Å². The highest BCUT2D eigenvalue weighted by atomic mass is 16.3. The van der Waals surface area contributed by atoms with Gasteiger partial charge < -0.3 is 5.11 Å². The summed E-state index contributed by atoms with van der Waals surface area (Å²) in [7, 11) is 0. The van der Waals surface area contributed by atoms with Gasteiger partial charge in [-0.05, 0) is 49.7 Å². The minimum absolute atomic E-state index is 0.329. The predicted molar refractivity (Wildman–Crippen MR) is 86.2 cm³/mol. The maximum atomic E-state index is 10.2. The number of allylic oxidation sites excluding steroid dienone is 2. The predicted octanol–water partition coefficient (Wildman–Crippen LogP) is 4.53. The standard InChI is InChI=1S/C19H21NO/c21-19-14-20-13-18(16-9-5-2-6-10-16)17(19)12-11-15-7-3-1-4-8-15/h1,3-4,7-9,13-14,21H,2,5-6,10-12H2. The van der Waals surface area contributed by atoms with Crippen molar-refractivity contribution in [2.24, 2.45) is 0 Å². The molecular formula is C19H21NO. The fourth-order valence-electron chi connectivity index (χ4n) is 3.01. The highest BCUT2D eigenvalue weighted by Crippen LogP contribution is 2.32. The van der Waals surface area contributed by atoms with Crippen molar-refractivity contribution in [3.05, 3.63) is 65.5 Å². The van der Waals surface area contributed by atoms with Crippen LogP contribution in [0.2, 0.25) is 0 Å². The molecule has 0 spiro atoms. The number of nitrogens with zero attached hydrogens (tertiary/aromatic N) is 1. The molecule has 1 aliphatic rings. The molecule has 108 valence electrons. The third kappa shape index (κ3) is 3.33. The number of aryl methyl sites for hydroxylation is 1. The first-order valence-electron chi connectivity index (χ1n) is 7.74. The van der Waals surface area contributed by atoms with Crippen molar-refractivity contribution in [2.45, 2.75) is 38.5 Å². The van der Waals surface area contributed by atoms with Gasteiger partial charge in [-0.3, -0.25) is 4.98 Å². The van der Waals surface area contributed by atoms with Gasteiger partial charge in [-0.15, -0.1) is 0 Å². The number of benzene rings is 1. The molecule has 0 atom stereocenters. The lowest BCUT2D eigenvalue weighted by Crippen LogP contribution is -2.01. The topological polar surface area (TPSA) is 33.1 Å². The van der Waals surface area contributed by atoms with Gasteiger partial charge in [-0.2, -0.15) is 0 Å². The normalized spacial score (nSPS) is 14.8. The molecule has 1 aromatic heterocycles. The molecule has 0 saturated carbocycles. The van der Waals surface area contributed by atoms with E-state index in [2.05, 4.69) is 35.3 Å². The van der Waals surface area contributed by atoms with E-state index < -0.39 is 0 Å². The van der Waals surface area contributed by atoms with Crippen LogP contribution in [0.5, 0.6) is 5.75 Å². The highest BCUT2D eigenvalue weighted by Gasteiger charge is 2.14. The third-order valence-electron chi connectivity index (χ3n) is 4.18. The zero-order valence-electron chi connectivity index (χ0n) is 12.3. The van der Waals surface area contributed by atoms with Gasteiger partial charge in [0.1, 0.15) is 5.75 Å². The molecule has 2 nitrogen and oxygen atoms in total. The molecule has 21 heavy (non-hydrogen) atoms. The largest absolute Gasteiger partial charge is 0.506 e. The fourth-order valence-corrected chi connectivity index (χ4v) is 3.01. The third-order valence-corrected chi connectivity index (χ3v) is 4.18. The minimum atomic E-state index is 0.329. The molecule has 0 bridgehead atoms. The fraction of sp³-hybridized carbons (Fsp3) is 0.316. The Morgan fingerprint density at radius 2 is 1.86 bits per heavy atom. The molecular weight excluding hydrogens is 258 g/mol. The average molecular weight is 279 g/mol. The van der Waals surface area contributed by atoms with Crippen molar-refractivity contribution < 1.29 is 5.11 Å². The van der Waals surface area contributed by atoms with Crippen LogP contribution in [0.15, 0.2) is 48.8 Å². The molecule has 0 fully saturated rings. The molecule has 1 aliphatic carbocycles. The summed E-state index contributed by atoms with van der Waals surface area (Å²) in [5, 5.41) is 10.2. The van der Waals surface area contributed by atoms with Crippen molar-refractivity contribution in [2.75, 3.05) is 0 Å². The molecule has 0 radical (unpaired) electrons. The van der Waals surface area contributed by atoms with Crippen LogP contribution in [0.4, 0.5) is 0 Å². The Hall–Kier alpha value is -2.09. The maximum Gasteiger partial charge on any atom is 0.137 e. The van der Waals surface area contributed by atoms with Gasteiger partial charge in [-0.25, -0.2) is 0 Å². The average Bonchev–Trinajstić information content (AvgIpc) is 2.55. The van der Waals surface area contributed by atoms with E-state index in [-0.39, 0.29) is 0 Å². The SMILES string of the molecule is Oc1cncc(C2=CCCCC2)c1CCc1ccccc1. The van der Waals surface area contributed by atoms with Gasteiger partial charge in [0.25, 0.3) is 0 Å². The Morgan fingerprint density at radius 1 is 1.00 bits per heavy atom. The van der Waals surface area contributed by atoms with Gasteiger partial charge in [0.05, 0.1) is 6.20 Å². The second kappa shape index (κ2) is 6.57. The zero-order valence-corrected chi connectivity index (χ0v) is 12.3. The van der Waals surface area contributed by atoms with Crippen molar-refractivity contribution in [1.29, 1.82) is 0 Å². The number of aromatic hydroxyl groups is 1. The van der Waals surface area contributed by atoms with E-state index >= 15 is 0 Å². The Kier molecular flexibility index (Phi) is 4.34. The summed E-state index contributed by atoms with van der Waals surface area (Å²) in [6.45, 7) is 0. The van der Waals surface area contributed by atoms with E-state index in [1.54, 1.807) is 6.20 Å². The summed E-state index contributed by atoms with van der Waals surface area (Å²) in [6.07, 6.45) is 12.3. The van der Waals surface area contributed by atoms with Crippen LogP contribution in [-0.4, -0.2) is 10.1 Å². The molecule has 2 heteroatoms. The second-order valence-corrected chi connectivity index (χ2v) is 5.65. The zero-order chi connectivity index (χ0) is 14.5. The highest BCUT2D eigenvalue weighted by molar-refractivity contribution is 5.70. The van der Waals surface area contributed by atoms with Gasteiger partial charge in [0.2, 0.25) is 0 Å². The Labute approximate surface area is 126 Å². The van der Waals surface area contributed by atoms with Crippen molar-refractivity contribution in [1.82, 2.24) is 4.98 Å². The lowest BCUT2D eigenvalue weighted by Gasteiger charge is -2.17. The molecule has 1 aromatic carbocycles. The summed E-state index contributed by atoms with van der Waals surface area (Å²) in [6, 6.07) is 10.4. The van der Waals surface area contributed by atoms with Crippen LogP contribution < -0.4 is 0 Å².